The fraction of sp³-hybridized carbons (Fsp3) is 0.278. The zero-order chi connectivity index (χ0) is 18.5. The van der Waals surface area contributed by atoms with E-state index in [-0.39, 0.29) is 24.6 Å². The third-order valence-corrected chi connectivity index (χ3v) is 5.45. The Morgan fingerprint density at radius 1 is 1.19 bits per heavy atom. The quantitative estimate of drug-likeness (QED) is 0.347. The summed E-state index contributed by atoms with van der Waals surface area (Å²) in [5.41, 5.74) is 2.51. The summed E-state index contributed by atoms with van der Waals surface area (Å²) in [6.45, 7) is 3.91. The first kappa shape index (κ1) is 18.5. The van der Waals surface area contributed by atoms with Crippen LogP contribution in [0.3, 0.4) is 0 Å². The van der Waals surface area contributed by atoms with Gasteiger partial charge in [0.15, 0.2) is 5.78 Å². The Morgan fingerprint density at radius 3 is 2.69 bits per heavy atom. The van der Waals surface area contributed by atoms with Crippen LogP contribution in [0.15, 0.2) is 35.4 Å². The Hall–Kier alpha value is -2.32. The Bertz CT molecular complexity index is 942. The third-order valence-electron chi connectivity index (χ3n) is 3.46. The molecular formula is C18H17N3O3S2. The minimum absolute atomic E-state index is 0.129. The van der Waals surface area contributed by atoms with E-state index >= 15 is 0 Å². The van der Waals surface area contributed by atoms with Crippen LogP contribution in [0.4, 0.5) is 0 Å². The Morgan fingerprint density at radius 2 is 1.96 bits per heavy atom. The van der Waals surface area contributed by atoms with Gasteiger partial charge in [-0.1, -0.05) is 42.1 Å². The molecule has 3 aromatic rings. The van der Waals surface area contributed by atoms with Gasteiger partial charge in [-0.2, -0.15) is 0 Å². The smallest absolute Gasteiger partial charge is 0.313 e. The first-order chi connectivity index (χ1) is 12.6. The van der Waals surface area contributed by atoms with Crippen molar-refractivity contribution >= 4 is 45.1 Å². The number of aromatic nitrogens is 3. The Labute approximate surface area is 159 Å². The van der Waals surface area contributed by atoms with Crippen LogP contribution in [0.1, 0.15) is 18.4 Å². The molecule has 6 nitrogen and oxygen atoms in total. The number of carbonyl (C=O) groups is 2. The monoisotopic (exact) mass is 387 g/mol. The van der Waals surface area contributed by atoms with Crippen molar-refractivity contribution < 1.29 is 14.3 Å². The normalized spacial score (nSPS) is 10.8. The van der Waals surface area contributed by atoms with Crippen molar-refractivity contribution in [2.45, 2.75) is 25.3 Å². The second-order valence-corrected chi connectivity index (χ2v) is 7.61. The number of nitrogens with zero attached hydrogens (tertiary/aromatic N) is 3. The highest BCUT2D eigenvalue weighted by atomic mass is 32.2. The largest absolute Gasteiger partial charge is 0.466 e. The lowest BCUT2D eigenvalue weighted by Crippen LogP contribution is -2.12. The van der Waals surface area contributed by atoms with E-state index in [9.17, 15) is 9.59 Å². The summed E-state index contributed by atoms with van der Waals surface area (Å²) < 4.78 is 5.74. The highest BCUT2D eigenvalue weighted by Crippen LogP contribution is 2.35. The van der Waals surface area contributed by atoms with Gasteiger partial charge >= 0.3 is 5.97 Å². The average Bonchev–Trinajstić information content (AvgIpc) is 3.02. The molecule has 0 radical (unpaired) electrons. The number of ether oxygens (including phenoxy) is 1. The molecule has 2 heterocycles. The lowest BCUT2D eigenvalue weighted by atomic mass is 10.1. The molecule has 0 aliphatic carbocycles. The zero-order valence-electron chi connectivity index (χ0n) is 14.4. The van der Waals surface area contributed by atoms with E-state index in [1.807, 2.05) is 37.3 Å². The van der Waals surface area contributed by atoms with Crippen LogP contribution in [-0.2, 0) is 14.3 Å². The summed E-state index contributed by atoms with van der Waals surface area (Å²) in [4.78, 5) is 27.9. The number of hydrogen-bond acceptors (Lipinski definition) is 8. The predicted octanol–water partition coefficient (Wildman–Crippen LogP) is 3.68. The molecule has 3 rings (SSSR count). The van der Waals surface area contributed by atoms with Crippen molar-refractivity contribution in [3.63, 3.8) is 0 Å². The first-order valence-corrected chi connectivity index (χ1v) is 9.88. The predicted molar refractivity (Wildman–Crippen MR) is 102 cm³/mol. The zero-order valence-corrected chi connectivity index (χ0v) is 16.0. The number of esters is 1. The van der Waals surface area contributed by atoms with Crippen molar-refractivity contribution in [2.75, 3.05) is 12.4 Å². The molecule has 0 saturated carbocycles. The molecule has 1 aromatic carbocycles. The second kappa shape index (κ2) is 8.37. The fourth-order valence-electron chi connectivity index (χ4n) is 2.38. The van der Waals surface area contributed by atoms with Crippen molar-refractivity contribution in [3.05, 3.63) is 35.3 Å². The van der Waals surface area contributed by atoms with E-state index in [1.165, 1.54) is 11.8 Å². The number of hydrogen-bond donors (Lipinski definition) is 0. The van der Waals surface area contributed by atoms with Gasteiger partial charge in [0.25, 0.3) is 0 Å². The van der Waals surface area contributed by atoms with E-state index < -0.39 is 5.97 Å². The van der Waals surface area contributed by atoms with E-state index in [4.69, 9.17) is 4.74 Å². The molecule has 0 bridgehead atoms. The van der Waals surface area contributed by atoms with Gasteiger partial charge in [0.1, 0.15) is 22.7 Å². The van der Waals surface area contributed by atoms with Crippen LogP contribution in [-0.4, -0.2) is 39.3 Å². The van der Waals surface area contributed by atoms with Gasteiger partial charge in [0.05, 0.1) is 22.1 Å². The highest BCUT2D eigenvalue weighted by molar-refractivity contribution is 8.00. The van der Waals surface area contributed by atoms with Gasteiger partial charge in [-0.3, -0.25) is 9.59 Å². The fourth-order valence-corrected chi connectivity index (χ4v) is 4.15. The molecule has 0 N–H and O–H groups in total. The van der Waals surface area contributed by atoms with Gasteiger partial charge < -0.3 is 4.74 Å². The van der Waals surface area contributed by atoms with E-state index in [2.05, 4.69) is 15.2 Å². The van der Waals surface area contributed by atoms with Crippen LogP contribution in [0, 0.1) is 6.92 Å². The van der Waals surface area contributed by atoms with E-state index in [0.717, 1.165) is 26.5 Å². The van der Waals surface area contributed by atoms with Gasteiger partial charge in [0.2, 0.25) is 0 Å². The van der Waals surface area contributed by atoms with Gasteiger partial charge in [0, 0.05) is 5.56 Å². The van der Waals surface area contributed by atoms with E-state index in [0.29, 0.717) is 5.03 Å². The summed E-state index contributed by atoms with van der Waals surface area (Å²) in [6.07, 6.45) is -0.227. The summed E-state index contributed by atoms with van der Waals surface area (Å²) in [7, 11) is 0. The molecule has 134 valence electrons. The number of thiazole rings is 1. The summed E-state index contributed by atoms with van der Waals surface area (Å²) in [6, 6.07) is 9.81. The molecule has 0 spiro atoms. The molecule has 0 aliphatic heterocycles. The lowest BCUT2D eigenvalue weighted by Gasteiger charge is -2.05. The molecule has 0 fully saturated rings. The molecule has 0 saturated heterocycles. The molecule has 2 aromatic heterocycles. The van der Waals surface area contributed by atoms with Crippen LogP contribution >= 0.6 is 23.1 Å². The van der Waals surface area contributed by atoms with Crippen LogP contribution in [0.25, 0.3) is 21.5 Å². The molecule has 0 aliphatic rings. The number of Topliss-reactive ketones (excluding diaryl/α,β-unsaturated/α-hetero) is 1. The maximum Gasteiger partial charge on any atom is 0.313 e. The van der Waals surface area contributed by atoms with Gasteiger partial charge in [-0.05, 0) is 13.8 Å². The Kier molecular flexibility index (Phi) is 5.95. The van der Waals surface area contributed by atoms with Gasteiger partial charge in [-0.15, -0.1) is 21.5 Å². The van der Waals surface area contributed by atoms with Crippen LogP contribution < -0.4 is 0 Å². The minimum atomic E-state index is -0.502. The van der Waals surface area contributed by atoms with E-state index in [1.54, 1.807) is 18.3 Å². The molecule has 0 unspecified atom stereocenters. The average molecular weight is 387 g/mol. The second-order valence-electron chi connectivity index (χ2n) is 5.44. The van der Waals surface area contributed by atoms with Crippen LogP contribution in [0.5, 0.6) is 0 Å². The number of carbonyl (C=O) groups excluding carboxylic acids is 2. The number of rotatable bonds is 7. The third kappa shape index (κ3) is 4.25. The molecule has 0 amide bonds. The first-order valence-electron chi connectivity index (χ1n) is 8.07. The molecular weight excluding hydrogens is 370 g/mol. The lowest BCUT2D eigenvalue weighted by molar-refractivity contribution is -0.145. The van der Waals surface area contributed by atoms with Crippen LogP contribution in [0.2, 0.25) is 0 Å². The van der Waals surface area contributed by atoms with Crippen molar-refractivity contribution in [2.24, 2.45) is 0 Å². The Balaban J connectivity index is 1.82. The minimum Gasteiger partial charge on any atom is -0.466 e. The SMILES string of the molecule is CCOC(=O)CC(=O)CSc1nnc(-c2ccccc2)c2sc(C)nc12. The highest BCUT2D eigenvalue weighted by Gasteiger charge is 2.17. The topological polar surface area (TPSA) is 82.0 Å². The number of fused-ring (bicyclic) bond motifs is 1. The number of thioether (sulfide) groups is 1. The summed E-state index contributed by atoms with van der Waals surface area (Å²) in [5.74, 6) is -0.579. The van der Waals surface area contributed by atoms with Gasteiger partial charge in [-0.25, -0.2) is 4.98 Å². The molecule has 26 heavy (non-hydrogen) atoms. The number of benzene rings is 1. The summed E-state index contributed by atoms with van der Waals surface area (Å²) in [5, 5.41) is 10.1. The number of ketones is 1. The maximum atomic E-state index is 11.9. The van der Waals surface area contributed by atoms with Crippen molar-refractivity contribution in [1.82, 2.24) is 15.2 Å². The maximum absolute atomic E-state index is 11.9. The molecule has 0 atom stereocenters. The van der Waals surface area contributed by atoms with Crippen molar-refractivity contribution in [1.29, 1.82) is 0 Å². The standard InChI is InChI=1S/C18H17N3O3S2/c1-3-24-14(23)9-13(22)10-25-18-16-17(26-11(2)19-16)15(20-21-18)12-7-5-4-6-8-12/h4-8H,3,9-10H2,1-2H3. The number of aryl methyl sites for hydroxylation is 1. The summed E-state index contributed by atoms with van der Waals surface area (Å²) >= 11 is 2.80. The molecule has 8 heteroatoms. The van der Waals surface area contributed by atoms with Crippen molar-refractivity contribution in [3.8, 4) is 11.3 Å².